The van der Waals surface area contributed by atoms with Crippen LogP contribution in [0.3, 0.4) is 0 Å². The Bertz CT molecular complexity index is 613. The van der Waals surface area contributed by atoms with Gasteiger partial charge in [0, 0.05) is 0 Å². The van der Waals surface area contributed by atoms with Crippen LogP contribution < -0.4 is 5.32 Å². The van der Waals surface area contributed by atoms with Crippen molar-refractivity contribution >= 4 is 0 Å². The number of nitrogens with one attached hydrogen (secondary N) is 1. The normalized spacial score (nSPS) is 13.1. The minimum Gasteiger partial charge on any atom is -0.375 e. The molecule has 0 heterocycles. The Morgan fingerprint density at radius 3 is 2.35 bits per heavy atom. The summed E-state index contributed by atoms with van der Waals surface area (Å²) >= 11 is 0. The van der Waals surface area contributed by atoms with Crippen molar-refractivity contribution in [3.63, 3.8) is 0 Å². The standard InChI is InChI=1S/C21H29NO/c1-16-11-17(13-19(12-16)21(2,3)4)14-23-15-20(22-5)18-9-7-6-8-10-18/h6-13,20,22H,14-15H2,1-5H3/t20-/m1/s1. The lowest BCUT2D eigenvalue weighted by atomic mass is 9.85. The maximum absolute atomic E-state index is 5.99. The zero-order valence-corrected chi connectivity index (χ0v) is 15.0. The molecule has 0 saturated heterocycles. The SMILES string of the molecule is CN[C@H](COCc1cc(C)cc(C(C)(C)C)c1)c1ccccc1. The first-order valence-corrected chi connectivity index (χ1v) is 8.31. The van der Waals surface area contributed by atoms with Gasteiger partial charge in [0.1, 0.15) is 0 Å². The minimum atomic E-state index is 0.165. The summed E-state index contributed by atoms with van der Waals surface area (Å²) < 4.78 is 5.99. The van der Waals surface area contributed by atoms with Gasteiger partial charge in [-0.25, -0.2) is 0 Å². The van der Waals surface area contributed by atoms with E-state index in [-0.39, 0.29) is 11.5 Å². The van der Waals surface area contributed by atoms with E-state index in [1.54, 1.807) is 0 Å². The van der Waals surface area contributed by atoms with E-state index in [0.29, 0.717) is 13.2 Å². The van der Waals surface area contributed by atoms with Gasteiger partial charge in [-0.05, 0) is 36.1 Å². The highest BCUT2D eigenvalue weighted by atomic mass is 16.5. The second-order valence-corrected chi connectivity index (χ2v) is 7.22. The Morgan fingerprint density at radius 2 is 1.74 bits per heavy atom. The molecule has 0 aliphatic rings. The molecule has 0 aromatic heterocycles. The Hall–Kier alpha value is -1.64. The number of hydrogen-bond donors (Lipinski definition) is 1. The largest absolute Gasteiger partial charge is 0.375 e. The van der Waals surface area contributed by atoms with Gasteiger partial charge in [-0.15, -0.1) is 0 Å². The molecule has 124 valence electrons. The number of benzene rings is 2. The number of aryl methyl sites for hydroxylation is 1. The number of ether oxygens (including phenoxy) is 1. The highest BCUT2D eigenvalue weighted by Gasteiger charge is 2.15. The van der Waals surface area contributed by atoms with E-state index in [1.165, 1.54) is 22.3 Å². The van der Waals surface area contributed by atoms with Crippen LogP contribution in [-0.4, -0.2) is 13.7 Å². The van der Waals surface area contributed by atoms with Gasteiger partial charge in [-0.2, -0.15) is 0 Å². The summed E-state index contributed by atoms with van der Waals surface area (Å²) in [5.74, 6) is 0. The average Bonchev–Trinajstić information content (AvgIpc) is 2.51. The molecule has 2 heteroatoms. The van der Waals surface area contributed by atoms with Crippen LogP contribution in [0.25, 0.3) is 0 Å². The van der Waals surface area contributed by atoms with Crippen LogP contribution in [0.2, 0.25) is 0 Å². The molecule has 0 unspecified atom stereocenters. The Kier molecular flexibility index (Phi) is 5.97. The molecule has 0 amide bonds. The van der Waals surface area contributed by atoms with E-state index in [4.69, 9.17) is 4.74 Å². The fourth-order valence-corrected chi connectivity index (χ4v) is 2.70. The highest BCUT2D eigenvalue weighted by Crippen LogP contribution is 2.25. The summed E-state index contributed by atoms with van der Waals surface area (Å²) in [6.07, 6.45) is 0. The molecule has 0 bridgehead atoms. The van der Waals surface area contributed by atoms with Crippen molar-refractivity contribution in [3.8, 4) is 0 Å². The number of hydrogen-bond acceptors (Lipinski definition) is 2. The first kappa shape index (κ1) is 17.7. The molecule has 1 atom stereocenters. The molecule has 0 saturated carbocycles. The molecule has 0 fully saturated rings. The van der Waals surface area contributed by atoms with Gasteiger partial charge in [0.05, 0.1) is 19.3 Å². The van der Waals surface area contributed by atoms with Gasteiger partial charge in [0.2, 0.25) is 0 Å². The van der Waals surface area contributed by atoms with E-state index in [0.717, 1.165) is 0 Å². The molecule has 2 nitrogen and oxygen atoms in total. The molecule has 2 rings (SSSR count). The van der Waals surface area contributed by atoms with Gasteiger partial charge < -0.3 is 10.1 Å². The molecule has 0 aliphatic carbocycles. The second kappa shape index (κ2) is 7.76. The van der Waals surface area contributed by atoms with Crippen molar-refractivity contribution < 1.29 is 4.74 Å². The molecular formula is C21H29NO. The van der Waals surface area contributed by atoms with Crippen molar-refractivity contribution in [2.45, 2.75) is 45.8 Å². The van der Waals surface area contributed by atoms with Gasteiger partial charge in [0.25, 0.3) is 0 Å². The summed E-state index contributed by atoms with van der Waals surface area (Å²) in [5.41, 5.74) is 5.33. The maximum atomic E-state index is 5.99. The van der Waals surface area contributed by atoms with Crippen LogP contribution in [0.4, 0.5) is 0 Å². The summed E-state index contributed by atoms with van der Waals surface area (Å²) in [4.78, 5) is 0. The first-order valence-electron chi connectivity index (χ1n) is 8.31. The quantitative estimate of drug-likeness (QED) is 0.829. The Balaban J connectivity index is 1.99. The molecule has 0 radical (unpaired) electrons. The monoisotopic (exact) mass is 311 g/mol. The topological polar surface area (TPSA) is 21.3 Å². The van der Waals surface area contributed by atoms with Crippen molar-refractivity contribution in [3.05, 3.63) is 70.8 Å². The lowest BCUT2D eigenvalue weighted by Gasteiger charge is -2.21. The van der Waals surface area contributed by atoms with Crippen LogP contribution in [-0.2, 0) is 16.8 Å². The first-order chi connectivity index (χ1) is 10.9. The van der Waals surface area contributed by atoms with Crippen molar-refractivity contribution in [1.82, 2.24) is 5.32 Å². The molecule has 1 N–H and O–H groups in total. The van der Waals surface area contributed by atoms with E-state index >= 15 is 0 Å². The van der Waals surface area contributed by atoms with E-state index in [2.05, 4.69) is 75.5 Å². The zero-order valence-electron chi connectivity index (χ0n) is 15.0. The predicted octanol–water partition coefficient (Wildman–Crippen LogP) is 4.77. The summed E-state index contributed by atoms with van der Waals surface area (Å²) in [7, 11) is 1.98. The number of likely N-dealkylation sites (N-methyl/N-ethyl adjacent to an activating group) is 1. The molecular weight excluding hydrogens is 282 g/mol. The summed E-state index contributed by atoms with van der Waals surface area (Å²) in [6.45, 7) is 10.2. The molecule has 0 spiro atoms. The molecule has 2 aromatic carbocycles. The smallest absolute Gasteiger partial charge is 0.0718 e. The lowest BCUT2D eigenvalue weighted by Crippen LogP contribution is -2.21. The third kappa shape index (κ3) is 5.19. The van der Waals surface area contributed by atoms with Crippen LogP contribution in [0.1, 0.15) is 49.1 Å². The predicted molar refractivity (Wildman–Crippen MR) is 97.8 cm³/mol. The fourth-order valence-electron chi connectivity index (χ4n) is 2.70. The van der Waals surface area contributed by atoms with Gasteiger partial charge >= 0.3 is 0 Å². The van der Waals surface area contributed by atoms with Gasteiger partial charge in [-0.1, -0.05) is 74.9 Å². The summed E-state index contributed by atoms with van der Waals surface area (Å²) in [5, 5.41) is 3.33. The summed E-state index contributed by atoms with van der Waals surface area (Å²) in [6, 6.07) is 17.4. The van der Waals surface area contributed by atoms with Crippen LogP contribution in [0, 0.1) is 6.92 Å². The fraction of sp³-hybridized carbons (Fsp3) is 0.429. The lowest BCUT2D eigenvalue weighted by molar-refractivity contribution is 0.100. The number of rotatable bonds is 6. The third-order valence-corrected chi connectivity index (χ3v) is 4.11. The Labute approximate surface area is 140 Å². The molecule has 0 aliphatic heterocycles. The third-order valence-electron chi connectivity index (χ3n) is 4.11. The van der Waals surface area contributed by atoms with Crippen LogP contribution >= 0.6 is 0 Å². The Morgan fingerprint density at radius 1 is 1.04 bits per heavy atom. The zero-order chi connectivity index (χ0) is 16.9. The van der Waals surface area contributed by atoms with Gasteiger partial charge in [0.15, 0.2) is 0 Å². The van der Waals surface area contributed by atoms with Crippen molar-refractivity contribution in [2.75, 3.05) is 13.7 Å². The average molecular weight is 311 g/mol. The van der Waals surface area contributed by atoms with E-state index in [1.807, 2.05) is 13.1 Å². The van der Waals surface area contributed by atoms with Crippen molar-refractivity contribution in [1.29, 1.82) is 0 Å². The molecule has 2 aromatic rings. The second-order valence-electron chi connectivity index (χ2n) is 7.22. The van der Waals surface area contributed by atoms with E-state index < -0.39 is 0 Å². The van der Waals surface area contributed by atoms with Crippen molar-refractivity contribution in [2.24, 2.45) is 0 Å². The van der Waals surface area contributed by atoms with E-state index in [9.17, 15) is 0 Å². The maximum Gasteiger partial charge on any atom is 0.0718 e. The molecule has 23 heavy (non-hydrogen) atoms. The van der Waals surface area contributed by atoms with Crippen LogP contribution in [0.5, 0.6) is 0 Å². The van der Waals surface area contributed by atoms with Gasteiger partial charge in [-0.3, -0.25) is 0 Å². The highest BCUT2D eigenvalue weighted by molar-refractivity contribution is 5.33. The van der Waals surface area contributed by atoms with Crippen LogP contribution in [0.15, 0.2) is 48.5 Å². The minimum absolute atomic E-state index is 0.165.